The Labute approximate surface area is 169 Å². The number of nitrogens with zero attached hydrogens (tertiary/aromatic N) is 1. The van der Waals surface area contributed by atoms with Crippen molar-refractivity contribution in [3.8, 4) is 5.75 Å². The second-order valence-electron chi connectivity index (χ2n) is 7.31. The lowest BCUT2D eigenvalue weighted by atomic mass is 9.98. The topological polar surface area (TPSA) is 87.7 Å². The van der Waals surface area contributed by atoms with Crippen molar-refractivity contribution in [2.75, 3.05) is 19.0 Å². The molecule has 4 rings (SSSR count). The monoisotopic (exact) mass is 393 g/mol. The van der Waals surface area contributed by atoms with Crippen molar-refractivity contribution < 1.29 is 19.1 Å². The van der Waals surface area contributed by atoms with Gasteiger partial charge in [0.2, 0.25) is 11.8 Å². The van der Waals surface area contributed by atoms with Crippen LogP contribution >= 0.6 is 0 Å². The molecule has 0 unspecified atom stereocenters. The van der Waals surface area contributed by atoms with Gasteiger partial charge in [-0.15, -0.1) is 0 Å². The number of nitrogens with one attached hydrogen (secondary N) is 2. The van der Waals surface area contributed by atoms with E-state index >= 15 is 0 Å². The summed E-state index contributed by atoms with van der Waals surface area (Å²) in [6.07, 6.45) is 1.71. The minimum absolute atomic E-state index is 0.0371. The second-order valence-corrected chi connectivity index (χ2v) is 7.31. The van der Waals surface area contributed by atoms with E-state index in [-0.39, 0.29) is 17.7 Å². The molecule has 2 N–H and O–H groups in total. The highest BCUT2D eigenvalue weighted by Crippen LogP contribution is 2.25. The predicted octanol–water partition coefficient (Wildman–Crippen LogP) is 2.11. The van der Waals surface area contributed by atoms with Crippen molar-refractivity contribution in [2.24, 2.45) is 0 Å². The van der Waals surface area contributed by atoms with E-state index in [1.54, 1.807) is 23.1 Å². The van der Waals surface area contributed by atoms with Crippen molar-refractivity contribution in [2.45, 2.75) is 31.8 Å². The summed E-state index contributed by atoms with van der Waals surface area (Å²) in [5, 5.41) is 5.65. The summed E-state index contributed by atoms with van der Waals surface area (Å²) in [6.45, 7) is 1.10. The molecule has 0 saturated carbocycles. The number of fused-ring (bicyclic) bond motifs is 1. The van der Waals surface area contributed by atoms with Crippen LogP contribution < -0.4 is 15.4 Å². The molecular formula is C22H23N3O4. The average molecular weight is 393 g/mol. The molecule has 1 fully saturated rings. The first-order valence-electron chi connectivity index (χ1n) is 9.69. The molecule has 7 nitrogen and oxygen atoms in total. The van der Waals surface area contributed by atoms with E-state index in [0.29, 0.717) is 42.9 Å². The van der Waals surface area contributed by atoms with E-state index in [2.05, 4.69) is 10.6 Å². The molecule has 7 heteroatoms. The molecule has 1 atom stereocenters. The van der Waals surface area contributed by atoms with Crippen LogP contribution in [0.25, 0.3) is 0 Å². The van der Waals surface area contributed by atoms with Crippen LogP contribution in [0.5, 0.6) is 5.75 Å². The van der Waals surface area contributed by atoms with Gasteiger partial charge in [0.05, 0.1) is 12.7 Å². The maximum atomic E-state index is 12.7. The molecule has 150 valence electrons. The molecule has 1 saturated heterocycles. The van der Waals surface area contributed by atoms with Crippen LogP contribution in [-0.4, -0.2) is 42.3 Å². The third-order valence-electron chi connectivity index (χ3n) is 5.43. The van der Waals surface area contributed by atoms with E-state index < -0.39 is 6.04 Å². The molecule has 0 spiro atoms. The number of carbonyl (C=O) groups excluding carboxylic acids is 3. The zero-order valence-electron chi connectivity index (χ0n) is 16.2. The summed E-state index contributed by atoms with van der Waals surface area (Å²) in [6, 6.07) is 12.4. The fourth-order valence-corrected chi connectivity index (χ4v) is 3.87. The molecule has 0 radical (unpaired) electrons. The lowest BCUT2D eigenvalue weighted by molar-refractivity contribution is -0.135. The van der Waals surface area contributed by atoms with Crippen molar-refractivity contribution in [1.29, 1.82) is 0 Å². The number of benzene rings is 2. The maximum absolute atomic E-state index is 12.7. The Kier molecular flexibility index (Phi) is 5.20. The van der Waals surface area contributed by atoms with Crippen molar-refractivity contribution in [3.63, 3.8) is 0 Å². The number of carbonyl (C=O) groups is 3. The van der Waals surface area contributed by atoms with Gasteiger partial charge in [0.25, 0.3) is 5.91 Å². The highest BCUT2D eigenvalue weighted by molar-refractivity contribution is 6.06. The third kappa shape index (κ3) is 3.94. The second kappa shape index (κ2) is 7.95. The number of para-hydroxylation sites is 1. The van der Waals surface area contributed by atoms with Crippen LogP contribution in [0, 0.1) is 0 Å². The van der Waals surface area contributed by atoms with Crippen molar-refractivity contribution in [1.82, 2.24) is 10.2 Å². The Morgan fingerprint density at radius 2 is 1.97 bits per heavy atom. The molecule has 2 aromatic rings. The Hall–Kier alpha value is -3.35. The van der Waals surface area contributed by atoms with Gasteiger partial charge in [-0.1, -0.05) is 18.2 Å². The number of rotatable bonds is 4. The maximum Gasteiger partial charge on any atom is 0.259 e. The molecule has 29 heavy (non-hydrogen) atoms. The van der Waals surface area contributed by atoms with E-state index in [4.69, 9.17) is 4.74 Å². The first kappa shape index (κ1) is 19.0. The number of ether oxygens (including phenoxy) is 1. The molecule has 2 heterocycles. The van der Waals surface area contributed by atoms with Crippen LogP contribution in [0.4, 0.5) is 5.69 Å². The van der Waals surface area contributed by atoms with Crippen molar-refractivity contribution in [3.05, 3.63) is 59.2 Å². The molecular weight excluding hydrogens is 370 g/mol. The van der Waals surface area contributed by atoms with Crippen LogP contribution in [0.15, 0.2) is 42.5 Å². The van der Waals surface area contributed by atoms with Gasteiger partial charge < -0.3 is 20.3 Å². The zero-order valence-corrected chi connectivity index (χ0v) is 16.2. The summed E-state index contributed by atoms with van der Waals surface area (Å²) in [5.74, 6) is 0.158. The van der Waals surface area contributed by atoms with Gasteiger partial charge in [-0.2, -0.15) is 0 Å². The SMILES string of the molecule is COc1ccccc1C(=O)Nc1ccc2c(c1)CN(C(=O)[C@H]1CCC(=O)N1)CC2. The van der Waals surface area contributed by atoms with Gasteiger partial charge in [0, 0.05) is 25.2 Å². The van der Waals surface area contributed by atoms with Crippen LogP contribution in [-0.2, 0) is 22.6 Å². The van der Waals surface area contributed by atoms with Gasteiger partial charge in [0.15, 0.2) is 0 Å². The normalized spacial score (nSPS) is 18.0. The third-order valence-corrected chi connectivity index (χ3v) is 5.43. The Morgan fingerprint density at radius 1 is 1.14 bits per heavy atom. The molecule has 0 aromatic heterocycles. The van der Waals surface area contributed by atoms with Crippen molar-refractivity contribution >= 4 is 23.4 Å². The molecule has 2 aromatic carbocycles. The highest BCUT2D eigenvalue weighted by atomic mass is 16.5. The zero-order chi connectivity index (χ0) is 20.4. The van der Waals surface area contributed by atoms with Gasteiger partial charge in [0.1, 0.15) is 11.8 Å². The lowest BCUT2D eigenvalue weighted by Gasteiger charge is -2.31. The van der Waals surface area contributed by atoms with E-state index in [1.807, 2.05) is 24.3 Å². The quantitative estimate of drug-likeness (QED) is 0.833. The van der Waals surface area contributed by atoms with Crippen LogP contribution in [0.1, 0.15) is 34.3 Å². The summed E-state index contributed by atoms with van der Waals surface area (Å²) in [7, 11) is 1.53. The summed E-state index contributed by atoms with van der Waals surface area (Å²) in [4.78, 5) is 38.5. The Bertz CT molecular complexity index is 972. The standard InChI is InChI=1S/C22H23N3O4/c1-29-19-5-3-2-4-17(19)21(27)23-16-7-6-14-10-11-25(13-15(14)12-16)22(28)18-8-9-20(26)24-18/h2-7,12,18H,8-11,13H2,1H3,(H,23,27)(H,24,26)/t18-/m1/s1. The minimum atomic E-state index is -0.419. The first-order valence-corrected chi connectivity index (χ1v) is 9.69. The van der Waals surface area contributed by atoms with E-state index in [0.717, 1.165) is 12.0 Å². The lowest BCUT2D eigenvalue weighted by Crippen LogP contribution is -2.46. The number of hydrogen-bond donors (Lipinski definition) is 2. The largest absolute Gasteiger partial charge is 0.496 e. The van der Waals surface area contributed by atoms with E-state index in [9.17, 15) is 14.4 Å². The minimum Gasteiger partial charge on any atom is -0.496 e. The predicted molar refractivity (Wildman–Crippen MR) is 108 cm³/mol. The average Bonchev–Trinajstić information content (AvgIpc) is 3.18. The summed E-state index contributed by atoms with van der Waals surface area (Å²) < 4.78 is 5.26. The Morgan fingerprint density at radius 3 is 2.72 bits per heavy atom. The highest BCUT2D eigenvalue weighted by Gasteiger charge is 2.32. The fraction of sp³-hybridized carbons (Fsp3) is 0.318. The molecule has 2 aliphatic heterocycles. The Balaban J connectivity index is 1.48. The van der Waals surface area contributed by atoms with Gasteiger partial charge in [-0.05, 0) is 48.2 Å². The van der Waals surface area contributed by atoms with Crippen LogP contribution in [0.2, 0.25) is 0 Å². The fourth-order valence-electron chi connectivity index (χ4n) is 3.87. The smallest absolute Gasteiger partial charge is 0.259 e. The number of hydrogen-bond acceptors (Lipinski definition) is 4. The molecule has 0 bridgehead atoms. The number of methoxy groups -OCH3 is 1. The molecule has 0 aliphatic carbocycles. The van der Waals surface area contributed by atoms with Gasteiger partial charge >= 0.3 is 0 Å². The number of anilines is 1. The van der Waals surface area contributed by atoms with Gasteiger partial charge in [-0.3, -0.25) is 14.4 Å². The van der Waals surface area contributed by atoms with Crippen LogP contribution in [0.3, 0.4) is 0 Å². The summed E-state index contributed by atoms with van der Waals surface area (Å²) in [5.41, 5.74) is 3.30. The first-order chi connectivity index (χ1) is 14.0. The molecule has 2 aliphatic rings. The summed E-state index contributed by atoms with van der Waals surface area (Å²) >= 11 is 0. The van der Waals surface area contributed by atoms with E-state index in [1.165, 1.54) is 12.7 Å². The van der Waals surface area contributed by atoms with Gasteiger partial charge in [-0.25, -0.2) is 0 Å². The number of amides is 3. The molecule has 3 amide bonds.